The molecule has 1 fully saturated rings. The maximum atomic E-state index is 13.0. The smallest absolute Gasteiger partial charge is 0.254 e. The minimum absolute atomic E-state index is 0.0622. The third-order valence-corrected chi connectivity index (χ3v) is 4.57. The van der Waals surface area contributed by atoms with Crippen LogP contribution >= 0.6 is 0 Å². The Hall–Kier alpha value is -1.88. The van der Waals surface area contributed by atoms with Crippen molar-refractivity contribution in [2.45, 2.75) is 45.4 Å². The maximum absolute atomic E-state index is 13.0. The van der Waals surface area contributed by atoms with Gasteiger partial charge in [-0.3, -0.25) is 9.59 Å². The molecule has 0 saturated carbocycles. The van der Waals surface area contributed by atoms with E-state index < -0.39 is 12.1 Å². The summed E-state index contributed by atoms with van der Waals surface area (Å²) >= 11 is 0. The van der Waals surface area contributed by atoms with E-state index in [9.17, 15) is 9.59 Å². The van der Waals surface area contributed by atoms with Crippen LogP contribution in [0, 0.1) is 6.92 Å². The van der Waals surface area contributed by atoms with Crippen molar-refractivity contribution in [3.8, 4) is 0 Å². The van der Waals surface area contributed by atoms with Crippen LogP contribution in [-0.4, -0.2) is 54.0 Å². The topological polar surface area (TPSA) is 49.9 Å². The van der Waals surface area contributed by atoms with Gasteiger partial charge in [0.2, 0.25) is 5.91 Å². The SMILES string of the molecule is Cc1ccccc1[C@@H]1[C@@H](C(=O)N(C)C(C)(C)C)OCC(=O)N1C. The minimum atomic E-state index is -0.692. The first kappa shape index (κ1) is 17.5. The number of likely N-dealkylation sites (N-methyl/N-ethyl adjacent to an activating group) is 2. The van der Waals surface area contributed by atoms with Crippen LogP contribution in [0.15, 0.2) is 24.3 Å². The number of carbonyl (C=O) groups excluding carboxylic acids is 2. The first-order valence-corrected chi connectivity index (χ1v) is 7.85. The Balaban J connectivity index is 2.42. The monoisotopic (exact) mass is 318 g/mol. The molecule has 5 heteroatoms. The van der Waals surface area contributed by atoms with Crippen LogP contribution in [-0.2, 0) is 14.3 Å². The summed E-state index contributed by atoms with van der Waals surface area (Å²) in [5, 5.41) is 0. The van der Waals surface area contributed by atoms with E-state index in [1.54, 1.807) is 23.9 Å². The molecule has 1 aromatic carbocycles. The summed E-state index contributed by atoms with van der Waals surface area (Å²) in [7, 11) is 3.51. The van der Waals surface area contributed by atoms with Crippen LogP contribution < -0.4 is 0 Å². The van der Waals surface area contributed by atoms with Gasteiger partial charge in [-0.25, -0.2) is 0 Å². The van der Waals surface area contributed by atoms with Crippen molar-refractivity contribution in [2.75, 3.05) is 20.7 Å². The Morgan fingerprint density at radius 1 is 1.30 bits per heavy atom. The van der Waals surface area contributed by atoms with E-state index in [0.29, 0.717) is 0 Å². The van der Waals surface area contributed by atoms with Crippen LogP contribution in [0.5, 0.6) is 0 Å². The van der Waals surface area contributed by atoms with Gasteiger partial charge in [0.1, 0.15) is 6.61 Å². The number of ether oxygens (including phenoxy) is 1. The zero-order valence-corrected chi connectivity index (χ0v) is 14.8. The predicted molar refractivity (Wildman–Crippen MR) is 89.0 cm³/mol. The van der Waals surface area contributed by atoms with Crippen molar-refractivity contribution >= 4 is 11.8 Å². The van der Waals surface area contributed by atoms with E-state index in [2.05, 4.69) is 0 Å². The summed E-state index contributed by atoms with van der Waals surface area (Å²) < 4.78 is 5.68. The van der Waals surface area contributed by atoms with Gasteiger partial charge in [0, 0.05) is 19.6 Å². The third-order valence-electron chi connectivity index (χ3n) is 4.57. The molecule has 0 N–H and O–H groups in total. The van der Waals surface area contributed by atoms with Gasteiger partial charge in [-0.1, -0.05) is 24.3 Å². The van der Waals surface area contributed by atoms with Crippen LogP contribution in [0.4, 0.5) is 0 Å². The number of morpholine rings is 1. The quantitative estimate of drug-likeness (QED) is 0.839. The molecule has 126 valence electrons. The second kappa shape index (κ2) is 6.32. The first-order valence-electron chi connectivity index (χ1n) is 7.85. The van der Waals surface area contributed by atoms with Crippen molar-refractivity contribution in [1.82, 2.24) is 9.80 Å². The highest BCUT2D eigenvalue weighted by molar-refractivity contribution is 5.86. The molecule has 0 unspecified atom stereocenters. The summed E-state index contributed by atoms with van der Waals surface area (Å²) in [4.78, 5) is 28.4. The molecule has 1 aromatic rings. The lowest BCUT2D eigenvalue weighted by molar-refractivity contribution is -0.169. The van der Waals surface area contributed by atoms with Gasteiger partial charge in [0.05, 0.1) is 6.04 Å². The summed E-state index contributed by atoms with van der Waals surface area (Å²) in [6.45, 7) is 7.85. The summed E-state index contributed by atoms with van der Waals surface area (Å²) in [5.74, 6) is -0.217. The zero-order chi connectivity index (χ0) is 17.4. The molecular weight excluding hydrogens is 292 g/mol. The van der Waals surface area contributed by atoms with Gasteiger partial charge in [-0.05, 0) is 38.8 Å². The summed E-state index contributed by atoms with van der Waals surface area (Å²) in [5.41, 5.74) is 1.68. The van der Waals surface area contributed by atoms with Crippen LogP contribution in [0.2, 0.25) is 0 Å². The van der Waals surface area contributed by atoms with Crippen molar-refractivity contribution in [3.63, 3.8) is 0 Å². The number of rotatable bonds is 2. The van der Waals surface area contributed by atoms with E-state index in [-0.39, 0.29) is 24.0 Å². The van der Waals surface area contributed by atoms with Gasteiger partial charge in [0.25, 0.3) is 5.91 Å². The molecule has 5 nitrogen and oxygen atoms in total. The molecule has 23 heavy (non-hydrogen) atoms. The number of hydrogen-bond donors (Lipinski definition) is 0. The van der Waals surface area contributed by atoms with Crippen molar-refractivity contribution in [2.24, 2.45) is 0 Å². The highest BCUT2D eigenvalue weighted by Gasteiger charge is 2.43. The molecule has 2 amide bonds. The molecular formula is C18H26N2O3. The van der Waals surface area contributed by atoms with Crippen molar-refractivity contribution in [1.29, 1.82) is 0 Å². The molecule has 0 spiro atoms. The normalized spacial score (nSPS) is 22.2. The highest BCUT2D eigenvalue weighted by atomic mass is 16.5. The zero-order valence-electron chi connectivity index (χ0n) is 14.8. The Labute approximate surface area is 138 Å². The standard InChI is InChI=1S/C18H26N2O3/c1-12-9-7-8-10-13(12)15-16(23-11-14(21)19(15)5)17(22)20(6)18(2,3)4/h7-10,15-16H,11H2,1-6H3/t15-,16+/m1/s1. The number of nitrogens with zero attached hydrogens (tertiary/aromatic N) is 2. The molecule has 2 atom stereocenters. The molecule has 1 aliphatic rings. The highest BCUT2D eigenvalue weighted by Crippen LogP contribution is 2.32. The molecule has 1 aliphatic heterocycles. The molecule has 0 radical (unpaired) electrons. The fraction of sp³-hybridized carbons (Fsp3) is 0.556. The lowest BCUT2D eigenvalue weighted by Gasteiger charge is -2.42. The van der Waals surface area contributed by atoms with Gasteiger partial charge in [-0.2, -0.15) is 0 Å². The van der Waals surface area contributed by atoms with Crippen LogP contribution in [0.3, 0.4) is 0 Å². The van der Waals surface area contributed by atoms with E-state index in [0.717, 1.165) is 11.1 Å². The van der Waals surface area contributed by atoms with E-state index >= 15 is 0 Å². The van der Waals surface area contributed by atoms with Gasteiger partial charge in [-0.15, -0.1) is 0 Å². The average Bonchev–Trinajstić information content (AvgIpc) is 2.48. The van der Waals surface area contributed by atoms with E-state index in [1.165, 1.54) is 0 Å². The molecule has 1 saturated heterocycles. The largest absolute Gasteiger partial charge is 0.356 e. The number of hydrogen-bond acceptors (Lipinski definition) is 3. The number of aryl methyl sites for hydroxylation is 1. The third kappa shape index (κ3) is 3.39. The maximum Gasteiger partial charge on any atom is 0.254 e. The van der Waals surface area contributed by atoms with Crippen LogP contribution in [0.25, 0.3) is 0 Å². The Morgan fingerprint density at radius 2 is 1.91 bits per heavy atom. The summed E-state index contributed by atoms with van der Waals surface area (Å²) in [6, 6.07) is 7.40. The lowest BCUT2D eigenvalue weighted by Crippen LogP contribution is -2.56. The Morgan fingerprint density at radius 3 is 2.48 bits per heavy atom. The minimum Gasteiger partial charge on any atom is -0.356 e. The Bertz CT molecular complexity index is 607. The van der Waals surface area contributed by atoms with Crippen molar-refractivity contribution in [3.05, 3.63) is 35.4 Å². The predicted octanol–water partition coefficient (Wildman–Crippen LogP) is 2.15. The first-order chi connectivity index (χ1) is 10.6. The number of benzene rings is 1. The molecule has 2 rings (SSSR count). The average molecular weight is 318 g/mol. The van der Waals surface area contributed by atoms with E-state index in [1.807, 2.05) is 52.0 Å². The number of amides is 2. The second-order valence-electron chi connectivity index (χ2n) is 7.11. The fourth-order valence-corrected chi connectivity index (χ4v) is 2.73. The Kier molecular flexibility index (Phi) is 4.80. The number of carbonyl (C=O) groups is 2. The van der Waals surface area contributed by atoms with Gasteiger partial charge >= 0.3 is 0 Å². The van der Waals surface area contributed by atoms with Crippen LogP contribution in [0.1, 0.15) is 37.9 Å². The molecule has 1 heterocycles. The molecule has 0 aliphatic carbocycles. The fourth-order valence-electron chi connectivity index (χ4n) is 2.73. The van der Waals surface area contributed by atoms with Gasteiger partial charge in [0.15, 0.2) is 6.10 Å². The second-order valence-corrected chi connectivity index (χ2v) is 7.11. The van der Waals surface area contributed by atoms with E-state index in [4.69, 9.17) is 4.74 Å². The summed E-state index contributed by atoms with van der Waals surface area (Å²) in [6.07, 6.45) is -0.692. The lowest BCUT2D eigenvalue weighted by atomic mass is 9.93. The molecule has 0 aromatic heterocycles. The molecule has 0 bridgehead atoms. The van der Waals surface area contributed by atoms with Gasteiger partial charge < -0.3 is 14.5 Å². The van der Waals surface area contributed by atoms with Crippen molar-refractivity contribution < 1.29 is 14.3 Å².